The third-order valence-corrected chi connectivity index (χ3v) is 3.28. The molecular formula is C10H10B2N2O4S. The molecule has 4 radical (unpaired) electrons. The summed E-state index contributed by atoms with van der Waals surface area (Å²) in [5.74, 6) is 0. The van der Waals surface area contributed by atoms with Crippen LogP contribution in [0.2, 0.25) is 0 Å². The summed E-state index contributed by atoms with van der Waals surface area (Å²) in [5, 5.41) is 7.49. The number of nitrogens with one attached hydrogen (secondary N) is 1. The van der Waals surface area contributed by atoms with E-state index >= 15 is 0 Å². The minimum atomic E-state index is -1.96. The third-order valence-electron chi connectivity index (χ3n) is 2.95. The maximum absolute atomic E-state index is 11.8. The Hall–Kier alpha value is -1.18. The van der Waals surface area contributed by atoms with Gasteiger partial charge in [-0.05, 0) is 12.8 Å². The Balaban J connectivity index is 2.32. The SMILES string of the molecule is [B]C([B])(O)C1CCC(n2cc(C=O)c(=S)[nH]c2=O)O1. The molecule has 6 nitrogen and oxygen atoms in total. The quantitative estimate of drug-likeness (QED) is 0.436. The summed E-state index contributed by atoms with van der Waals surface area (Å²) in [6, 6.07) is 0. The Bertz CT molecular complexity index is 607. The van der Waals surface area contributed by atoms with Gasteiger partial charge in [-0.2, -0.15) is 0 Å². The lowest BCUT2D eigenvalue weighted by Crippen LogP contribution is -2.43. The Morgan fingerprint density at radius 1 is 1.58 bits per heavy atom. The molecule has 1 aliphatic rings. The van der Waals surface area contributed by atoms with Gasteiger partial charge in [0.25, 0.3) is 0 Å². The average Bonchev–Trinajstić information content (AvgIpc) is 2.78. The molecule has 1 fully saturated rings. The number of aromatic amines is 1. The second-order valence-corrected chi connectivity index (χ2v) is 4.82. The van der Waals surface area contributed by atoms with E-state index in [1.165, 1.54) is 10.8 Å². The molecule has 0 saturated carbocycles. The van der Waals surface area contributed by atoms with Crippen molar-refractivity contribution < 1.29 is 14.6 Å². The van der Waals surface area contributed by atoms with Crippen LogP contribution in [0.1, 0.15) is 29.4 Å². The van der Waals surface area contributed by atoms with Crippen molar-refractivity contribution in [2.45, 2.75) is 30.6 Å². The third kappa shape index (κ3) is 2.88. The molecule has 1 saturated heterocycles. The number of hydrogen-bond acceptors (Lipinski definition) is 5. The summed E-state index contributed by atoms with van der Waals surface area (Å²) in [6.45, 7) is 0. The highest BCUT2D eigenvalue weighted by Crippen LogP contribution is 2.30. The van der Waals surface area contributed by atoms with Gasteiger partial charge in [0.1, 0.15) is 26.6 Å². The molecule has 96 valence electrons. The molecule has 1 aromatic rings. The summed E-state index contributed by atoms with van der Waals surface area (Å²) in [4.78, 5) is 25.0. The van der Waals surface area contributed by atoms with Gasteiger partial charge in [-0.3, -0.25) is 14.3 Å². The van der Waals surface area contributed by atoms with Crippen molar-refractivity contribution in [2.24, 2.45) is 0 Å². The van der Waals surface area contributed by atoms with Gasteiger partial charge in [0.15, 0.2) is 6.29 Å². The van der Waals surface area contributed by atoms with E-state index in [-0.39, 0.29) is 10.2 Å². The lowest BCUT2D eigenvalue weighted by Gasteiger charge is -2.26. The van der Waals surface area contributed by atoms with Crippen molar-refractivity contribution in [2.75, 3.05) is 0 Å². The number of aromatic nitrogens is 2. The fraction of sp³-hybridized carbons (Fsp3) is 0.500. The Morgan fingerprint density at radius 3 is 2.79 bits per heavy atom. The first-order valence-electron chi connectivity index (χ1n) is 5.59. The fourth-order valence-corrected chi connectivity index (χ4v) is 2.15. The summed E-state index contributed by atoms with van der Waals surface area (Å²) in [6.07, 6.45) is 1.25. The van der Waals surface area contributed by atoms with Crippen molar-refractivity contribution in [3.8, 4) is 0 Å². The topological polar surface area (TPSA) is 84.3 Å². The normalized spacial score (nSPS) is 23.4. The van der Waals surface area contributed by atoms with E-state index in [0.29, 0.717) is 19.1 Å². The summed E-state index contributed by atoms with van der Waals surface area (Å²) < 4.78 is 6.69. The number of ether oxygens (including phenoxy) is 1. The van der Waals surface area contributed by atoms with E-state index < -0.39 is 23.4 Å². The molecule has 0 aliphatic carbocycles. The minimum Gasteiger partial charge on any atom is -0.407 e. The van der Waals surface area contributed by atoms with Crippen LogP contribution < -0.4 is 5.69 Å². The highest BCUT2D eigenvalue weighted by atomic mass is 32.1. The maximum Gasteiger partial charge on any atom is 0.328 e. The van der Waals surface area contributed by atoms with E-state index in [2.05, 4.69) is 4.98 Å². The first-order valence-corrected chi connectivity index (χ1v) is 6.00. The van der Waals surface area contributed by atoms with Crippen molar-refractivity contribution >= 4 is 34.2 Å². The number of nitrogens with zero attached hydrogens (tertiary/aromatic N) is 1. The largest absolute Gasteiger partial charge is 0.407 e. The van der Waals surface area contributed by atoms with Gasteiger partial charge < -0.3 is 9.84 Å². The molecule has 0 amide bonds. The van der Waals surface area contributed by atoms with Gasteiger partial charge in [-0.15, -0.1) is 0 Å². The van der Waals surface area contributed by atoms with Crippen molar-refractivity contribution in [3.05, 3.63) is 26.9 Å². The van der Waals surface area contributed by atoms with E-state index in [9.17, 15) is 14.7 Å². The molecule has 9 heteroatoms. The molecule has 0 bridgehead atoms. The van der Waals surface area contributed by atoms with E-state index in [0.717, 1.165) is 0 Å². The van der Waals surface area contributed by atoms with E-state index in [4.69, 9.17) is 32.6 Å². The van der Waals surface area contributed by atoms with E-state index in [1.54, 1.807) is 0 Å². The summed E-state index contributed by atoms with van der Waals surface area (Å²) >= 11 is 4.83. The second kappa shape index (κ2) is 5.07. The number of aldehydes is 1. The predicted molar refractivity (Wildman–Crippen MR) is 70.9 cm³/mol. The molecule has 2 atom stereocenters. The van der Waals surface area contributed by atoms with Crippen LogP contribution in [-0.2, 0) is 4.74 Å². The van der Waals surface area contributed by atoms with Crippen molar-refractivity contribution in [1.82, 2.24) is 9.55 Å². The lowest BCUT2D eigenvalue weighted by molar-refractivity contribution is -0.0503. The zero-order valence-electron chi connectivity index (χ0n) is 9.91. The molecular weight excluding hydrogens is 266 g/mol. The van der Waals surface area contributed by atoms with Crippen LogP contribution in [0.5, 0.6) is 0 Å². The van der Waals surface area contributed by atoms with E-state index in [1.807, 2.05) is 0 Å². The fourth-order valence-electron chi connectivity index (χ4n) is 1.96. The number of rotatable bonds is 3. The van der Waals surface area contributed by atoms with Gasteiger partial charge >= 0.3 is 5.69 Å². The van der Waals surface area contributed by atoms with Crippen molar-refractivity contribution in [3.63, 3.8) is 0 Å². The van der Waals surface area contributed by atoms with Crippen LogP contribution in [0.25, 0.3) is 0 Å². The van der Waals surface area contributed by atoms with Crippen LogP contribution in [0.4, 0.5) is 0 Å². The number of carbonyl (C=O) groups is 1. The summed E-state index contributed by atoms with van der Waals surface area (Å²) in [5.41, 5.74) is -0.323. The molecule has 2 unspecified atom stereocenters. The Labute approximate surface area is 116 Å². The van der Waals surface area contributed by atoms with Gasteiger partial charge in [-0.1, -0.05) is 12.2 Å². The van der Waals surface area contributed by atoms with Crippen LogP contribution >= 0.6 is 12.2 Å². The molecule has 0 spiro atoms. The van der Waals surface area contributed by atoms with Crippen LogP contribution in [0.3, 0.4) is 0 Å². The Morgan fingerprint density at radius 2 is 2.26 bits per heavy atom. The number of H-pyrrole nitrogens is 1. The predicted octanol–water partition coefficient (Wildman–Crippen LogP) is -0.621. The first-order chi connectivity index (χ1) is 8.82. The highest BCUT2D eigenvalue weighted by Gasteiger charge is 2.35. The average molecular weight is 276 g/mol. The minimum absolute atomic E-state index is 0.0694. The standard InChI is InChI=1S/C10H10B2N2O4S/c11-10(12,17)6-1-2-7(18-6)14-3-5(4-15)8(19)13-9(14)16/h3-4,6-7,17H,1-2H2,(H,13,16,19). The van der Waals surface area contributed by atoms with Gasteiger partial charge in [0.2, 0.25) is 0 Å². The van der Waals surface area contributed by atoms with Crippen molar-refractivity contribution in [1.29, 1.82) is 0 Å². The van der Waals surface area contributed by atoms with Gasteiger partial charge in [0, 0.05) is 11.6 Å². The molecule has 0 aromatic carbocycles. The molecule has 19 heavy (non-hydrogen) atoms. The molecule has 2 rings (SSSR count). The number of hydrogen-bond donors (Lipinski definition) is 2. The Kier molecular flexibility index (Phi) is 3.80. The highest BCUT2D eigenvalue weighted by molar-refractivity contribution is 7.71. The molecule has 2 heterocycles. The smallest absolute Gasteiger partial charge is 0.328 e. The monoisotopic (exact) mass is 276 g/mol. The molecule has 1 aromatic heterocycles. The molecule has 2 N–H and O–H groups in total. The summed E-state index contributed by atoms with van der Waals surface area (Å²) in [7, 11) is 10.7. The van der Waals surface area contributed by atoms with Gasteiger partial charge in [0.05, 0.1) is 11.7 Å². The maximum atomic E-state index is 11.8. The van der Waals surface area contributed by atoms with Crippen LogP contribution in [-0.4, -0.2) is 48.1 Å². The number of carbonyl (C=O) groups excluding carboxylic acids is 1. The lowest BCUT2D eigenvalue weighted by atomic mass is 9.61. The van der Waals surface area contributed by atoms with Gasteiger partial charge in [-0.25, -0.2) is 4.79 Å². The molecule has 1 aliphatic heterocycles. The number of aliphatic hydroxyl groups is 1. The van der Waals surface area contributed by atoms with Crippen LogP contribution in [0, 0.1) is 4.64 Å². The zero-order chi connectivity index (χ0) is 14.2. The second-order valence-electron chi connectivity index (χ2n) is 4.41. The van der Waals surface area contributed by atoms with Crippen LogP contribution in [0.15, 0.2) is 11.0 Å². The zero-order valence-corrected chi connectivity index (χ0v) is 10.7. The first kappa shape index (κ1) is 14.2.